The monoisotopic (exact) mass is 476 g/mol. The molecule has 0 atom stereocenters. The summed E-state index contributed by atoms with van der Waals surface area (Å²) in [6.45, 7) is 0. The molecule has 1 fully saturated rings. The molecule has 1 heterocycles. The number of fused-ring (bicyclic) bond motifs is 1. The normalized spacial score (nSPS) is 13.6. The highest BCUT2D eigenvalue weighted by molar-refractivity contribution is 6.31. The Morgan fingerprint density at radius 2 is 1.91 bits per heavy atom. The predicted molar refractivity (Wildman–Crippen MR) is 125 cm³/mol. The Balaban J connectivity index is 0.000000235. The number of benzene rings is 2. The van der Waals surface area contributed by atoms with Crippen LogP contribution in [0.25, 0.3) is 10.9 Å². The number of nitrogens with zero attached hydrogens (tertiary/aromatic N) is 2. The number of alkyl carbamates (subject to hydrolysis) is 1. The van der Waals surface area contributed by atoms with Crippen LogP contribution in [-0.4, -0.2) is 41.4 Å². The van der Waals surface area contributed by atoms with Gasteiger partial charge < -0.3 is 25.2 Å². The number of nitrogens with one attached hydrogen (secondary N) is 2. The van der Waals surface area contributed by atoms with Crippen molar-refractivity contribution in [3.63, 3.8) is 0 Å². The molecule has 4 rings (SSSR count). The van der Waals surface area contributed by atoms with E-state index in [4.69, 9.17) is 16.3 Å². The predicted octanol–water partition coefficient (Wildman–Crippen LogP) is 5.56. The Morgan fingerprint density at radius 3 is 2.58 bits per heavy atom. The minimum absolute atomic E-state index is 0.00729. The van der Waals surface area contributed by atoms with Crippen LogP contribution < -0.4 is 15.4 Å². The van der Waals surface area contributed by atoms with Crippen LogP contribution in [0, 0.1) is 5.82 Å². The molecule has 10 heteroatoms. The summed E-state index contributed by atoms with van der Waals surface area (Å²) in [6, 6.07) is 7.72. The third-order valence-corrected chi connectivity index (χ3v) is 5.52. The Morgan fingerprint density at radius 1 is 1.15 bits per heavy atom. The lowest BCUT2D eigenvalue weighted by Crippen LogP contribution is -2.35. The zero-order chi connectivity index (χ0) is 23.8. The first kappa shape index (κ1) is 24.3. The largest absolute Gasteiger partial charge is 0.504 e. The Kier molecular flexibility index (Phi) is 8.48. The van der Waals surface area contributed by atoms with Crippen LogP contribution in [0.3, 0.4) is 0 Å². The van der Waals surface area contributed by atoms with Gasteiger partial charge in [0.05, 0.1) is 24.8 Å². The summed E-state index contributed by atoms with van der Waals surface area (Å²) in [5.41, 5.74) is 1.17. The first-order chi connectivity index (χ1) is 15.9. The van der Waals surface area contributed by atoms with Crippen molar-refractivity contribution in [3.8, 4) is 11.5 Å². The van der Waals surface area contributed by atoms with E-state index in [2.05, 4.69) is 25.3 Å². The van der Waals surface area contributed by atoms with Gasteiger partial charge in [-0.15, -0.1) is 0 Å². The van der Waals surface area contributed by atoms with Crippen molar-refractivity contribution in [2.24, 2.45) is 0 Å². The molecule has 3 aromatic rings. The van der Waals surface area contributed by atoms with E-state index in [0.717, 1.165) is 12.8 Å². The average Bonchev–Trinajstić information content (AvgIpc) is 2.82. The number of ether oxygens (including phenoxy) is 2. The van der Waals surface area contributed by atoms with E-state index >= 15 is 0 Å². The number of rotatable bonds is 4. The van der Waals surface area contributed by atoms with Crippen molar-refractivity contribution in [2.45, 2.75) is 38.1 Å². The van der Waals surface area contributed by atoms with Crippen molar-refractivity contribution in [1.29, 1.82) is 0 Å². The summed E-state index contributed by atoms with van der Waals surface area (Å²) in [5, 5.41) is 16.3. The van der Waals surface area contributed by atoms with Gasteiger partial charge in [0.1, 0.15) is 18.0 Å². The van der Waals surface area contributed by atoms with Crippen LogP contribution in [0.4, 0.5) is 20.7 Å². The number of anilines is 2. The summed E-state index contributed by atoms with van der Waals surface area (Å²) >= 11 is 5.76. The van der Waals surface area contributed by atoms with Crippen LogP contribution in [0.2, 0.25) is 5.02 Å². The number of hydrogen-bond acceptors (Lipinski definition) is 7. The molecule has 1 saturated carbocycles. The zero-order valence-corrected chi connectivity index (χ0v) is 19.2. The molecule has 8 nitrogen and oxygen atoms in total. The molecule has 0 aliphatic heterocycles. The van der Waals surface area contributed by atoms with E-state index in [9.17, 15) is 14.3 Å². The molecule has 0 saturated heterocycles. The van der Waals surface area contributed by atoms with Crippen molar-refractivity contribution < 1.29 is 23.8 Å². The molecule has 1 aromatic heterocycles. The summed E-state index contributed by atoms with van der Waals surface area (Å²) in [6.07, 6.45) is 7.07. The molecule has 1 aliphatic carbocycles. The van der Waals surface area contributed by atoms with Gasteiger partial charge in [0, 0.05) is 23.2 Å². The van der Waals surface area contributed by atoms with Crippen molar-refractivity contribution in [1.82, 2.24) is 15.3 Å². The van der Waals surface area contributed by atoms with E-state index in [0.29, 0.717) is 34.2 Å². The first-order valence-electron chi connectivity index (χ1n) is 10.5. The van der Waals surface area contributed by atoms with Crippen LogP contribution in [0.15, 0.2) is 36.7 Å². The van der Waals surface area contributed by atoms with E-state index in [1.807, 2.05) is 0 Å². The minimum Gasteiger partial charge on any atom is -0.504 e. The van der Waals surface area contributed by atoms with Gasteiger partial charge in [-0.05, 0) is 37.1 Å². The number of phenolic OH excluding ortho intramolecular Hbond substituents is 1. The van der Waals surface area contributed by atoms with Gasteiger partial charge in [-0.1, -0.05) is 30.9 Å². The maximum Gasteiger partial charge on any atom is 0.407 e. The Hall–Kier alpha value is -3.33. The maximum atomic E-state index is 13.2. The van der Waals surface area contributed by atoms with Crippen LogP contribution >= 0.6 is 11.6 Å². The fourth-order valence-electron chi connectivity index (χ4n) is 3.52. The van der Waals surface area contributed by atoms with Crippen molar-refractivity contribution in [3.05, 3.63) is 47.5 Å². The quantitative estimate of drug-likeness (QED) is 0.453. The molecule has 176 valence electrons. The van der Waals surface area contributed by atoms with Gasteiger partial charge in [-0.2, -0.15) is 0 Å². The molecule has 0 spiro atoms. The molecule has 33 heavy (non-hydrogen) atoms. The molecular weight excluding hydrogens is 451 g/mol. The second-order valence-corrected chi connectivity index (χ2v) is 7.90. The summed E-state index contributed by atoms with van der Waals surface area (Å²) in [4.78, 5) is 19.0. The molecule has 1 aliphatic rings. The number of methoxy groups -OCH3 is 2. The van der Waals surface area contributed by atoms with Crippen LogP contribution in [0.1, 0.15) is 32.1 Å². The fraction of sp³-hybridized carbons (Fsp3) is 0.348. The van der Waals surface area contributed by atoms with E-state index in [1.54, 1.807) is 12.1 Å². The van der Waals surface area contributed by atoms with Crippen molar-refractivity contribution >= 4 is 40.1 Å². The molecule has 0 bridgehead atoms. The fourth-order valence-corrected chi connectivity index (χ4v) is 3.70. The number of hydrogen-bond donors (Lipinski definition) is 3. The Labute approximate surface area is 196 Å². The number of amides is 1. The summed E-state index contributed by atoms with van der Waals surface area (Å²) in [7, 11) is 2.86. The molecule has 0 radical (unpaired) electrons. The first-order valence-corrected chi connectivity index (χ1v) is 10.9. The molecule has 2 aromatic carbocycles. The number of carbonyl (C=O) groups is 1. The number of phenols is 1. The van der Waals surface area contributed by atoms with Crippen LogP contribution in [-0.2, 0) is 4.74 Å². The number of carbonyl (C=O) groups excluding carboxylic acids is 1. The second kappa shape index (κ2) is 11.5. The topological polar surface area (TPSA) is 106 Å². The van der Waals surface area contributed by atoms with Gasteiger partial charge in [0.2, 0.25) is 0 Å². The van der Waals surface area contributed by atoms with Crippen molar-refractivity contribution in [2.75, 3.05) is 19.5 Å². The second-order valence-electron chi connectivity index (χ2n) is 7.49. The summed E-state index contributed by atoms with van der Waals surface area (Å²) < 4.78 is 22.7. The lowest BCUT2D eigenvalue weighted by molar-refractivity contribution is 0.163. The standard InChI is InChI=1S/C15H11ClFN3O2.C8H15NO2/c1-22-14-6-12-9(5-13(14)21)15(19-7-18-12)20-8-2-3-11(17)10(16)4-8;1-11-8(10)9-7-5-3-2-4-6-7/h2-7,21H,1H3,(H,18,19,20);7H,2-6H2,1H3,(H,9,10). The third-order valence-electron chi connectivity index (χ3n) is 5.23. The smallest absolute Gasteiger partial charge is 0.407 e. The number of aromatic nitrogens is 2. The molecular formula is C23H26ClFN4O4. The number of aromatic hydroxyl groups is 1. The average molecular weight is 477 g/mol. The van der Waals surface area contributed by atoms with E-state index < -0.39 is 5.82 Å². The minimum atomic E-state index is -0.498. The SMILES string of the molecule is COC(=O)NC1CCCCC1.COc1cc2ncnc(Nc3ccc(F)c(Cl)c3)c2cc1O. The Bertz CT molecular complexity index is 1110. The van der Waals surface area contributed by atoms with E-state index in [1.165, 1.54) is 58.0 Å². The maximum absolute atomic E-state index is 13.2. The lowest BCUT2D eigenvalue weighted by atomic mass is 9.96. The summed E-state index contributed by atoms with van der Waals surface area (Å²) in [5.74, 6) is 0.264. The van der Waals surface area contributed by atoms with Gasteiger partial charge in [-0.25, -0.2) is 19.2 Å². The van der Waals surface area contributed by atoms with Crippen LogP contribution in [0.5, 0.6) is 11.5 Å². The molecule has 3 N–H and O–H groups in total. The van der Waals surface area contributed by atoms with Gasteiger partial charge in [0.15, 0.2) is 11.5 Å². The highest BCUT2D eigenvalue weighted by Gasteiger charge is 2.15. The van der Waals surface area contributed by atoms with Gasteiger partial charge >= 0.3 is 6.09 Å². The van der Waals surface area contributed by atoms with E-state index in [-0.39, 0.29) is 16.9 Å². The zero-order valence-electron chi connectivity index (χ0n) is 18.4. The third kappa shape index (κ3) is 6.58. The van der Waals surface area contributed by atoms with Gasteiger partial charge in [0.25, 0.3) is 0 Å². The highest BCUT2D eigenvalue weighted by atomic mass is 35.5. The number of halogens is 2. The molecule has 1 amide bonds. The highest BCUT2D eigenvalue weighted by Crippen LogP contribution is 2.34. The lowest BCUT2D eigenvalue weighted by Gasteiger charge is -2.21. The van der Waals surface area contributed by atoms with Gasteiger partial charge in [-0.3, -0.25) is 0 Å². The molecule has 0 unspecified atom stereocenters.